The molecule has 0 atom stereocenters. The minimum absolute atomic E-state index is 0.0194. The van der Waals surface area contributed by atoms with E-state index < -0.39 is 10.0 Å². The minimum Gasteiger partial charge on any atom is -0.278 e. The van der Waals surface area contributed by atoms with Gasteiger partial charge in [-0.2, -0.15) is 5.26 Å². The third kappa shape index (κ3) is 3.07. The molecule has 102 valence electrons. The molecule has 1 heterocycles. The zero-order valence-corrected chi connectivity index (χ0v) is 12.0. The number of halogens is 1. The van der Waals surface area contributed by atoms with Gasteiger partial charge >= 0.3 is 0 Å². The van der Waals surface area contributed by atoms with E-state index >= 15 is 0 Å². The third-order valence-electron chi connectivity index (χ3n) is 2.57. The molecule has 0 aliphatic rings. The largest absolute Gasteiger partial charge is 0.278 e. The van der Waals surface area contributed by atoms with Crippen LogP contribution in [0, 0.1) is 18.3 Å². The second-order valence-electron chi connectivity index (χ2n) is 4.01. The van der Waals surface area contributed by atoms with Crippen LogP contribution in [0.5, 0.6) is 0 Å². The number of hydrogen-bond acceptors (Lipinski definition) is 4. The van der Waals surface area contributed by atoms with Crippen LogP contribution in [0.2, 0.25) is 5.15 Å². The van der Waals surface area contributed by atoms with E-state index in [2.05, 4.69) is 9.71 Å². The van der Waals surface area contributed by atoms with E-state index in [-0.39, 0.29) is 15.6 Å². The number of aromatic nitrogens is 1. The van der Waals surface area contributed by atoms with Gasteiger partial charge in [-0.15, -0.1) is 0 Å². The summed E-state index contributed by atoms with van der Waals surface area (Å²) in [5.41, 5.74) is 1.09. The number of nitriles is 1. The summed E-state index contributed by atoms with van der Waals surface area (Å²) in [6.45, 7) is 1.65. The Bertz CT molecular complexity index is 798. The van der Waals surface area contributed by atoms with Crippen LogP contribution in [0.3, 0.4) is 0 Å². The Morgan fingerprint density at radius 1 is 1.30 bits per heavy atom. The highest BCUT2D eigenvalue weighted by Crippen LogP contribution is 2.20. The molecule has 20 heavy (non-hydrogen) atoms. The molecule has 0 aliphatic carbocycles. The maximum absolute atomic E-state index is 12.2. The lowest BCUT2D eigenvalue weighted by molar-refractivity contribution is 0.601. The number of rotatable bonds is 3. The summed E-state index contributed by atoms with van der Waals surface area (Å²) in [5, 5.41) is 9.09. The van der Waals surface area contributed by atoms with Crippen molar-refractivity contribution in [3.05, 3.63) is 52.8 Å². The number of nitrogens with one attached hydrogen (secondary N) is 1. The van der Waals surface area contributed by atoms with Crippen LogP contribution in [0.1, 0.15) is 11.3 Å². The molecular weight excluding hydrogens is 298 g/mol. The molecule has 5 nitrogen and oxygen atoms in total. The summed E-state index contributed by atoms with van der Waals surface area (Å²) in [6.07, 6.45) is 0. The number of sulfonamides is 1. The van der Waals surface area contributed by atoms with Gasteiger partial charge in [-0.3, -0.25) is 4.72 Å². The average Bonchev–Trinajstić information content (AvgIpc) is 2.42. The van der Waals surface area contributed by atoms with E-state index in [4.69, 9.17) is 16.9 Å². The summed E-state index contributed by atoms with van der Waals surface area (Å²) in [6, 6.07) is 10.7. The van der Waals surface area contributed by atoms with Crippen molar-refractivity contribution in [2.75, 3.05) is 4.72 Å². The molecule has 1 aromatic heterocycles. The van der Waals surface area contributed by atoms with E-state index in [0.29, 0.717) is 11.4 Å². The number of benzene rings is 1. The first-order chi connectivity index (χ1) is 9.42. The Balaban J connectivity index is 2.38. The summed E-state index contributed by atoms with van der Waals surface area (Å²) >= 11 is 5.72. The monoisotopic (exact) mass is 307 g/mol. The summed E-state index contributed by atoms with van der Waals surface area (Å²) in [5.74, 6) is 0. The van der Waals surface area contributed by atoms with Gasteiger partial charge in [0, 0.05) is 0 Å². The highest BCUT2D eigenvalue weighted by molar-refractivity contribution is 7.92. The molecule has 2 rings (SSSR count). The summed E-state index contributed by atoms with van der Waals surface area (Å²) in [4.78, 5) is 3.99. The molecule has 0 aliphatic heterocycles. The Hall–Kier alpha value is -2.10. The number of anilines is 1. The van der Waals surface area contributed by atoms with Gasteiger partial charge in [0.1, 0.15) is 5.15 Å². The fraction of sp³-hybridized carbons (Fsp3) is 0.0769. The quantitative estimate of drug-likeness (QED) is 0.884. The molecule has 7 heteroatoms. The first-order valence-electron chi connectivity index (χ1n) is 5.58. The first-order valence-corrected chi connectivity index (χ1v) is 7.44. The molecule has 0 saturated heterocycles. The predicted molar refractivity (Wildman–Crippen MR) is 75.9 cm³/mol. The first kappa shape index (κ1) is 14.3. The van der Waals surface area contributed by atoms with E-state index in [0.717, 1.165) is 0 Å². The fourth-order valence-corrected chi connectivity index (χ4v) is 2.93. The van der Waals surface area contributed by atoms with Gasteiger partial charge in [0.2, 0.25) is 0 Å². The number of aryl methyl sites for hydroxylation is 1. The van der Waals surface area contributed by atoms with Crippen LogP contribution in [0.15, 0.2) is 41.3 Å². The zero-order valence-electron chi connectivity index (χ0n) is 10.5. The van der Waals surface area contributed by atoms with Crippen molar-refractivity contribution >= 4 is 27.3 Å². The van der Waals surface area contributed by atoms with Crippen molar-refractivity contribution in [3.8, 4) is 6.07 Å². The fourth-order valence-electron chi connectivity index (χ4n) is 1.57. The van der Waals surface area contributed by atoms with Crippen molar-refractivity contribution < 1.29 is 8.42 Å². The molecule has 0 amide bonds. The van der Waals surface area contributed by atoms with Crippen LogP contribution in [-0.4, -0.2) is 13.4 Å². The topological polar surface area (TPSA) is 82.8 Å². The molecule has 0 spiro atoms. The lowest BCUT2D eigenvalue weighted by Gasteiger charge is -2.10. The van der Waals surface area contributed by atoms with Gasteiger partial charge < -0.3 is 0 Å². The van der Waals surface area contributed by atoms with Gasteiger partial charge in [0.05, 0.1) is 27.9 Å². The van der Waals surface area contributed by atoms with Crippen molar-refractivity contribution in [2.24, 2.45) is 0 Å². The minimum atomic E-state index is -3.77. The second-order valence-corrected chi connectivity index (χ2v) is 6.08. The van der Waals surface area contributed by atoms with E-state index in [1.54, 1.807) is 6.92 Å². The standard InChI is InChI=1S/C13H10ClN3O2S/c1-9-12(5-6-13(14)16-9)17-20(18,19)11-4-2-3-10(7-11)8-15/h2-7,17H,1H3. The van der Waals surface area contributed by atoms with E-state index in [1.165, 1.54) is 36.4 Å². The van der Waals surface area contributed by atoms with Gasteiger partial charge in [-0.25, -0.2) is 13.4 Å². The van der Waals surface area contributed by atoms with Crippen molar-refractivity contribution in [2.45, 2.75) is 11.8 Å². The second kappa shape index (κ2) is 5.49. The molecule has 0 unspecified atom stereocenters. The zero-order chi connectivity index (χ0) is 14.8. The molecule has 2 aromatic rings. The van der Waals surface area contributed by atoms with Crippen LogP contribution < -0.4 is 4.72 Å². The molecule has 0 saturated carbocycles. The molecule has 0 fully saturated rings. The summed E-state index contributed by atoms with van der Waals surface area (Å²) in [7, 11) is -3.77. The number of hydrogen-bond donors (Lipinski definition) is 1. The molecule has 1 aromatic carbocycles. The Morgan fingerprint density at radius 2 is 2.05 bits per heavy atom. The molecule has 0 radical (unpaired) electrons. The smallest absolute Gasteiger partial charge is 0.261 e. The summed E-state index contributed by atoms with van der Waals surface area (Å²) < 4.78 is 26.9. The van der Waals surface area contributed by atoms with Crippen molar-refractivity contribution in [1.29, 1.82) is 5.26 Å². The average molecular weight is 308 g/mol. The molecule has 0 bridgehead atoms. The van der Waals surface area contributed by atoms with Crippen LogP contribution in [0.4, 0.5) is 5.69 Å². The normalized spacial score (nSPS) is 10.8. The number of pyridine rings is 1. The van der Waals surface area contributed by atoms with Crippen molar-refractivity contribution in [1.82, 2.24) is 4.98 Å². The van der Waals surface area contributed by atoms with E-state index in [1.807, 2.05) is 6.07 Å². The van der Waals surface area contributed by atoms with Gasteiger partial charge in [-0.1, -0.05) is 17.7 Å². The number of nitrogens with zero attached hydrogens (tertiary/aromatic N) is 2. The van der Waals surface area contributed by atoms with Gasteiger partial charge in [-0.05, 0) is 37.3 Å². The highest BCUT2D eigenvalue weighted by Gasteiger charge is 2.16. The lowest BCUT2D eigenvalue weighted by atomic mass is 10.2. The van der Waals surface area contributed by atoms with Gasteiger partial charge in [0.15, 0.2) is 0 Å². The van der Waals surface area contributed by atoms with Crippen molar-refractivity contribution in [3.63, 3.8) is 0 Å². The van der Waals surface area contributed by atoms with Crippen LogP contribution in [-0.2, 0) is 10.0 Å². The maximum Gasteiger partial charge on any atom is 0.261 e. The Labute approximate surface area is 121 Å². The van der Waals surface area contributed by atoms with Crippen LogP contribution >= 0.6 is 11.6 Å². The molecular formula is C13H10ClN3O2S. The maximum atomic E-state index is 12.2. The molecule has 1 N–H and O–H groups in total. The SMILES string of the molecule is Cc1nc(Cl)ccc1NS(=O)(=O)c1cccc(C#N)c1. The van der Waals surface area contributed by atoms with Gasteiger partial charge in [0.25, 0.3) is 10.0 Å². The predicted octanol–water partition coefficient (Wildman–Crippen LogP) is 2.72. The third-order valence-corrected chi connectivity index (χ3v) is 4.14. The Morgan fingerprint density at radius 3 is 2.70 bits per heavy atom. The van der Waals surface area contributed by atoms with Crippen LogP contribution in [0.25, 0.3) is 0 Å². The van der Waals surface area contributed by atoms with E-state index in [9.17, 15) is 8.42 Å². The lowest BCUT2D eigenvalue weighted by Crippen LogP contribution is -2.14. The highest BCUT2D eigenvalue weighted by atomic mass is 35.5. The Kier molecular flexibility index (Phi) is 3.93.